The van der Waals surface area contributed by atoms with Crippen LogP contribution < -0.4 is 5.32 Å². The fraction of sp³-hybridized carbons (Fsp3) is 0.579. The van der Waals surface area contributed by atoms with Crippen molar-refractivity contribution in [1.29, 1.82) is 0 Å². The number of rotatable bonds is 7. The Labute approximate surface area is 167 Å². The highest BCUT2D eigenvalue weighted by atomic mass is 19.4. The zero-order valence-corrected chi connectivity index (χ0v) is 16.5. The van der Waals surface area contributed by atoms with E-state index in [2.05, 4.69) is 5.32 Å². The summed E-state index contributed by atoms with van der Waals surface area (Å²) in [6, 6.07) is 3.89. The Hall–Kier alpha value is -2.33. The lowest BCUT2D eigenvalue weighted by molar-refractivity contribution is -0.137. The van der Waals surface area contributed by atoms with Gasteiger partial charge in [0.05, 0.1) is 31.4 Å². The van der Waals surface area contributed by atoms with Crippen molar-refractivity contribution in [2.24, 2.45) is 0 Å². The first-order valence-electron chi connectivity index (χ1n) is 9.36. The smallest absolute Gasteiger partial charge is 0.383 e. The summed E-state index contributed by atoms with van der Waals surface area (Å²) in [6.45, 7) is 4.14. The number of hydrogen-bond donors (Lipinski definition) is 1. The lowest BCUT2D eigenvalue weighted by atomic mass is 10.1. The van der Waals surface area contributed by atoms with Gasteiger partial charge in [0, 0.05) is 38.9 Å². The quantitative estimate of drug-likeness (QED) is 0.739. The summed E-state index contributed by atoms with van der Waals surface area (Å²) >= 11 is 0. The van der Waals surface area contributed by atoms with Gasteiger partial charge in [0.15, 0.2) is 0 Å². The zero-order chi connectivity index (χ0) is 21.4. The van der Waals surface area contributed by atoms with Crippen LogP contribution in [0.5, 0.6) is 0 Å². The molecule has 1 fully saturated rings. The number of nitrogens with zero attached hydrogens (tertiary/aromatic N) is 2. The number of urea groups is 1. The fourth-order valence-electron chi connectivity index (χ4n) is 2.98. The number of alkyl halides is 3. The van der Waals surface area contributed by atoms with Gasteiger partial charge in [0.1, 0.15) is 0 Å². The first-order valence-corrected chi connectivity index (χ1v) is 9.36. The number of hydrogen-bond acceptors (Lipinski definition) is 4. The molecule has 1 aromatic carbocycles. The molecular weight excluding hydrogens is 391 g/mol. The minimum absolute atomic E-state index is 0.144. The number of amides is 3. The van der Waals surface area contributed by atoms with Crippen LogP contribution in [0.3, 0.4) is 0 Å². The topological polar surface area (TPSA) is 71.1 Å². The van der Waals surface area contributed by atoms with Crippen LogP contribution in [-0.2, 0) is 15.7 Å². The summed E-state index contributed by atoms with van der Waals surface area (Å²) in [5.74, 6) is -0.422. The molecule has 0 bridgehead atoms. The second-order valence-corrected chi connectivity index (χ2v) is 6.59. The Morgan fingerprint density at radius 2 is 2.00 bits per heavy atom. The molecule has 162 valence electrons. The number of nitrogens with one attached hydrogen (secondary N) is 1. The van der Waals surface area contributed by atoms with Crippen molar-refractivity contribution in [3.8, 4) is 0 Å². The molecule has 0 radical (unpaired) electrons. The van der Waals surface area contributed by atoms with Gasteiger partial charge in [0.25, 0.3) is 5.91 Å². The molecule has 1 aliphatic heterocycles. The lowest BCUT2D eigenvalue weighted by Crippen LogP contribution is -2.53. The number of halogens is 3. The summed E-state index contributed by atoms with van der Waals surface area (Å²) in [6.07, 6.45) is -4.86. The first kappa shape index (κ1) is 23.0. The van der Waals surface area contributed by atoms with Gasteiger partial charge in [-0.2, -0.15) is 13.2 Å². The van der Waals surface area contributed by atoms with Crippen LogP contribution in [0.4, 0.5) is 18.0 Å². The lowest BCUT2D eigenvalue weighted by Gasteiger charge is -2.35. The average Bonchev–Trinajstić information content (AvgIpc) is 2.70. The van der Waals surface area contributed by atoms with Crippen LogP contribution in [0.15, 0.2) is 24.3 Å². The molecule has 0 spiro atoms. The molecule has 1 aliphatic rings. The van der Waals surface area contributed by atoms with E-state index in [1.54, 1.807) is 4.90 Å². The number of carbonyl (C=O) groups excluding carboxylic acids is 2. The van der Waals surface area contributed by atoms with Crippen molar-refractivity contribution in [1.82, 2.24) is 15.1 Å². The zero-order valence-electron chi connectivity index (χ0n) is 16.5. The third-order valence-corrected chi connectivity index (χ3v) is 4.49. The maximum Gasteiger partial charge on any atom is 0.416 e. The molecule has 2 rings (SSSR count). The number of methoxy groups -OCH3 is 1. The van der Waals surface area contributed by atoms with Gasteiger partial charge < -0.3 is 24.6 Å². The van der Waals surface area contributed by atoms with Crippen LogP contribution in [0.2, 0.25) is 0 Å². The number of benzene rings is 1. The predicted octanol–water partition coefficient (Wildman–Crippen LogP) is 2.22. The van der Waals surface area contributed by atoms with Crippen LogP contribution in [0, 0.1) is 0 Å². The molecule has 1 atom stereocenters. The highest BCUT2D eigenvalue weighted by Gasteiger charge is 2.31. The van der Waals surface area contributed by atoms with E-state index in [0.717, 1.165) is 24.3 Å². The largest absolute Gasteiger partial charge is 0.416 e. The summed E-state index contributed by atoms with van der Waals surface area (Å²) in [5.41, 5.74) is -0.670. The molecule has 0 saturated carbocycles. The van der Waals surface area contributed by atoms with Crippen LogP contribution >= 0.6 is 0 Å². The predicted molar refractivity (Wildman–Crippen MR) is 99.6 cm³/mol. The van der Waals surface area contributed by atoms with Gasteiger partial charge in [0.2, 0.25) is 0 Å². The van der Waals surface area contributed by atoms with E-state index in [-0.39, 0.29) is 31.3 Å². The molecule has 3 amide bonds. The standard InChI is InChI=1S/C19H26F3N3O4/c1-3-23-18(27)25-9-11-29-16(13-25)12-24(8-10-28-2)17(26)14-4-6-15(7-5-14)19(20,21)22/h4-7,16H,3,8-13H2,1-2H3,(H,23,27)/t16-/m0/s1. The first-order chi connectivity index (χ1) is 13.8. The highest BCUT2D eigenvalue weighted by molar-refractivity contribution is 5.94. The summed E-state index contributed by atoms with van der Waals surface area (Å²) in [5, 5.41) is 2.73. The molecule has 1 N–H and O–H groups in total. The molecule has 0 unspecified atom stereocenters. The van der Waals surface area contributed by atoms with Crippen LogP contribution in [0.25, 0.3) is 0 Å². The molecule has 10 heteroatoms. The number of morpholine rings is 1. The van der Waals surface area contributed by atoms with Crippen LogP contribution in [0.1, 0.15) is 22.8 Å². The summed E-state index contributed by atoms with van der Waals surface area (Å²) in [4.78, 5) is 28.0. The second kappa shape index (κ2) is 10.4. The van der Waals surface area contributed by atoms with Gasteiger partial charge in [-0.05, 0) is 31.2 Å². The second-order valence-electron chi connectivity index (χ2n) is 6.59. The number of ether oxygens (including phenoxy) is 2. The van der Waals surface area contributed by atoms with E-state index in [1.807, 2.05) is 6.92 Å². The summed E-state index contributed by atoms with van der Waals surface area (Å²) < 4.78 is 49.0. The van der Waals surface area contributed by atoms with Gasteiger partial charge in [-0.1, -0.05) is 0 Å². The summed E-state index contributed by atoms with van der Waals surface area (Å²) in [7, 11) is 1.49. The van der Waals surface area contributed by atoms with E-state index in [0.29, 0.717) is 26.2 Å². The Morgan fingerprint density at radius 1 is 1.31 bits per heavy atom. The van der Waals surface area contributed by atoms with Crippen molar-refractivity contribution in [3.63, 3.8) is 0 Å². The van der Waals surface area contributed by atoms with Gasteiger partial charge in [-0.3, -0.25) is 4.79 Å². The van der Waals surface area contributed by atoms with E-state index < -0.39 is 23.8 Å². The molecule has 29 heavy (non-hydrogen) atoms. The minimum atomic E-state index is -4.46. The SMILES string of the molecule is CCNC(=O)N1CCO[C@@H](CN(CCOC)C(=O)c2ccc(C(F)(F)F)cc2)C1. The molecule has 7 nitrogen and oxygen atoms in total. The third-order valence-electron chi connectivity index (χ3n) is 4.49. The van der Waals surface area contributed by atoms with Crippen molar-refractivity contribution in [3.05, 3.63) is 35.4 Å². The van der Waals surface area contributed by atoms with Crippen molar-refractivity contribution in [2.45, 2.75) is 19.2 Å². The Balaban J connectivity index is 2.08. The van der Waals surface area contributed by atoms with E-state index >= 15 is 0 Å². The highest BCUT2D eigenvalue weighted by Crippen LogP contribution is 2.29. The maximum absolute atomic E-state index is 12.8. The van der Waals surface area contributed by atoms with Crippen molar-refractivity contribution in [2.75, 3.05) is 53.0 Å². The molecule has 0 aromatic heterocycles. The monoisotopic (exact) mass is 417 g/mol. The molecule has 1 saturated heterocycles. The van der Waals surface area contributed by atoms with Gasteiger partial charge in [-0.15, -0.1) is 0 Å². The molecular formula is C19H26F3N3O4. The van der Waals surface area contributed by atoms with Crippen molar-refractivity contribution < 1.29 is 32.2 Å². The third kappa shape index (κ3) is 6.60. The fourth-order valence-corrected chi connectivity index (χ4v) is 2.98. The normalized spacial score (nSPS) is 17.1. The molecule has 1 aromatic rings. The van der Waals surface area contributed by atoms with Gasteiger partial charge in [-0.25, -0.2) is 4.79 Å². The minimum Gasteiger partial charge on any atom is -0.383 e. The van der Waals surface area contributed by atoms with Crippen LogP contribution in [-0.4, -0.2) is 80.9 Å². The van der Waals surface area contributed by atoms with Gasteiger partial charge >= 0.3 is 12.2 Å². The Morgan fingerprint density at radius 3 is 2.59 bits per heavy atom. The maximum atomic E-state index is 12.8. The van der Waals surface area contributed by atoms with E-state index in [9.17, 15) is 22.8 Å². The number of carbonyl (C=O) groups is 2. The van der Waals surface area contributed by atoms with E-state index in [4.69, 9.17) is 9.47 Å². The van der Waals surface area contributed by atoms with E-state index in [1.165, 1.54) is 12.0 Å². The molecule has 0 aliphatic carbocycles. The Bertz CT molecular complexity index is 682. The molecule has 1 heterocycles. The average molecular weight is 417 g/mol. The van der Waals surface area contributed by atoms with Crippen molar-refractivity contribution >= 4 is 11.9 Å². The Kier molecular flexibility index (Phi) is 8.27.